The number of anilines is 1. The Morgan fingerprint density at radius 3 is 2.38 bits per heavy atom. The lowest BCUT2D eigenvalue weighted by molar-refractivity contribution is 0.0696. The number of halogens is 1. The Bertz CT molecular complexity index is 1440. The van der Waals surface area contributed by atoms with Crippen LogP contribution in [0.25, 0.3) is 33.3 Å². The van der Waals surface area contributed by atoms with Gasteiger partial charge in [-0.15, -0.1) is 0 Å². The number of hydrogen-bond donors (Lipinski definition) is 2. The minimum atomic E-state index is -0.944. The monoisotopic (exact) mass is 454 g/mol. The van der Waals surface area contributed by atoms with Crippen molar-refractivity contribution < 1.29 is 14.3 Å². The fourth-order valence-electron chi connectivity index (χ4n) is 5.85. The second-order valence-electron chi connectivity index (χ2n) is 10.0. The molecule has 0 bridgehead atoms. The average molecular weight is 455 g/mol. The third kappa shape index (κ3) is 2.99. The van der Waals surface area contributed by atoms with E-state index in [1.807, 2.05) is 30.3 Å². The molecule has 0 unspecified atom stereocenters. The molecule has 1 aliphatic heterocycles. The molecule has 0 saturated carbocycles. The molecular formula is C29H27FN2O2. The lowest BCUT2D eigenvalue weighted by atomic mass is 9.81. The number of hydrogen-bond acceptors (Lipinski definition) is 2. The number of aromatic carboxylic acids is 1. The summed E-state index contributed by atoms with van der Waals surface area (Å²) in [5.41, 5.74) is 6.76. The van der Waals surface area contributed by atoms with Crippen LogP contribution < -0.4 is 4.90 Å². The maximum absolute atomic E-state index is 15.8. The van der Waals surface area contributed by atoms with E-state index in [4.69, 9.17) is 0 Å². The molecule has 2 aliphatic rings. The van der Waals surface area contributed by atoms with Gasteiger partial charge in [0.25, 0.3) is 0 Å². The highest BCUT2D eigenvalue weighted by atomic mass is 19.1. The second-order valence-corrected chi connectivity index (χ2v) is 10.0. The van der Waals surface area contributed by atoms with Gasteiger partial charge in [0.2, 0.25) is 0 Å². The molecule has 0 atom stereocenters. The van der Waals surface area contributed by atoms with Crippen LogP contribution in [0.2, 0.25) is 0 Å². The van der Waals surface area contributed by atoms with Crippen LogP contribution in [0, 0.1) is 5.82 Å². The number of nitrogens with one attached hydrogen (secondary N) is 1. The average Bonchev–Trinajstić information content (AvgIpc) is 3.35. The smallest absolute Gasteiger partial charge is 0.335 e. The number of rotatable bonds is 3. The first kappa shape index (κ1) is 21.0. The molecular weight excluding hydrogens is 427 g/mol. The lowest BCUT2D eigenvalue weighted by Gasteiger charge is -2.28. The Kier molecular flexibility index (Phi) is 4.60. The number of carboxylic acids is 1. The predicted molar refractivity (Wildman–Crippen MR) is 134 cm³/mol. The van der Waals surface area contributed by atoms with Gasteiger partial charge in [-0.2, -0.15) is 0 Å². The van der Waals surface area contributed by atoms with Gasteiger partial charge in [-0.05, 0) is 60.2 Å². The van der Waals surface area contributed by atoms with Crippen LogP contribution in [0.3, 0.4) is 0 Å². The molecule has 6 rings (SSSR count). The first-order valence-electron chi connectivity index (χ1n) is 11.9. The molecule has 1 aliphatic carbocycles. The van der Waals surface area contributed by atoms with Crippen molar-refractivity contribution in [3.8, 4) is 22.4 Å². The summed E-state index contributed by atoms with van der Waals surface area (Å²) in [4.78, 5) is 17.3. The van der Waals surface area contributed by atoms with Crippen LogP contribution in [-0.4, -0.2) is 29.1 Å². The Balaban J connectivity index is 1.43. The van der Waals surface area contributed by atoms with E-state index in [-0.39, 0.29) is 11.4 Å². The Morgan fingerprint density at radius 1 is 0.971 bits per heavy atom. The molecule has 2 heterocycles. The summed E-state index contributed by atoms with van der Waals surface area (Å²) < 4.78 is 15.8. The largest absolute Gasteiger partial charge is 0.478 e. The highest BCUT2D eigenvalue weighted by Crippen LogP contribution is 2.52. The first-order chi connectivity index (χ1) is 16.4. The number of piperidine rings is 1. The summed E-state index contributed by atoms with van der Waals surface area (Å²) in [6.07, 6.45) is 3.74. The van der Waals surface area contributed by atoms with E-state index in [9.17, 15) is 9.90 Å². The van der Waals surface area contributed by atoms with Crippen LogP contribution in [0.1, 0.15) is 54.6 Å². The van der Waals surface area contributed by atoms with Crippen molar-refractivity contribution >= 4 is 22.6 Å². The van der Waals surface area contributed by atoms with Crippen molar-refractivity contribution in [3.63, 3.8) is 0 Å². The minimum Gasteiger partial charge on any atom is -0.478 e. The summed E-state index contributed by atoms with van der Waals surface area (Å²) in [5, 5.41) is 10.3. The van der Waals surface area contributed by atoms with Gasteiger partial charge in [-0.25, -0.2) is 9.18 Å². The van der Waals surface area contributed by atoms with Crippen molar-refractivity contribution in [1.82, 2.24) is 4.98 Å². The van der Waals surface area contributed by atoms with E-state index in [0.29, 0.717) is 11.1 Å². The number of carboxylic acid groups (broad SMARTS) is 1. The van der Waals surface area contributed by atoms with Crippen LogP contribution in [0.15, 0.2) is 54.6 Å². The zero-order valence-electron chi connectivity index (χ0n) is 19.4. The highest BCUT2D eigenvalue weighted by molar-refractivity contribution is 6.00. The van der Waals surface area contributed by atoms with Crippen molar-refractivity contribution in [1.29, 1.82) is 0 Å². The number of aromatic nitrogens is 1. The lowest BCUT2D eigenvalue weighted by Crippen LogP contribution is -2.29. The third-order valence-corrected chi connectivity index (χ3v) is 7.65. The molecule has 4 nitrogen and oxygen atoms in total. The molecule has 2 N–H and O–H groups in total. The molecule has 0 radical (unpaired) electrons. The molecule has 0 amide bonds. The van der Waals surface area contributed by atoms with Crippen molar-refractivity contribution in [3.05, 3.63) is 77.1 Å². The molecule has 3 aromatic carbocycles. The summed E-state index contributed by atoms with van der Waals surface area (Å²) in [6.45, 7) is 6.31. The van der Waals surface area contributed by atoms with Gasteiger partial charge in [-0.1, -0.05) is 44.2 Å². The van der Waals surface area contributed by atoms with E-state index in [1.54, 1.807) is 12.1 Å². The van der Waals surface area contributed by atoms with E-state index < -0.39 is 11.4 Å². The number of carbonyl (C=O) groups is 1. The molecule has 1 saturated heterocycles. The molecule has 172 valence electrons. The van der Waals surface area contributed by atoms with Crippen molar-refractivity contribution in [2.24, 2.45) is 0 Å². The van der Waals surface area contributed by atoms with Gasteiger partial charge in [0, 0.05) is 40.7 Å². The topological polar surface area (TPSA) is 56.3 Å². The Hall–Kier alpha value is -3.60. The van der Waals surface area contributed by atoms with E-state index in [0.717, 1.165) is 46.4 Å². The van der Waals surface area contributed by atoms with Crippen LogP contribution >= 0.6 is 0 Å². The molecule has 1 aromatic heterocycles. The van der Waals surface area contributed by atoms with Crippen molar-refractivity contribution in [2.45, 2.75) is 38.5 Å². The Morgan fingerprint density at radius 2 is 1.68 bits per heavy atom. The fraction of sp³-hybridized carbons (Fsp3) is 0.276. The van der Waals surface area contributed by atoms with Crippen molar-refractivity contribution in [2.75, 3.05) is 18.0 Å². The molecule has 0 spiro atoms. The van der Waals surface area contributed by atoms with Gasteiger partial charge in [0.05, 0.1) is 16.8 Å². The first-order valence-corrected chi connectivity index (χ1v) is 11.9. The van der Waals surface area contributed by atoms with Gasteiger partial charge in [0.1, 0.15) is 0 Å². The zero-order valence-corrected chi connectivity index (χ0v) is 19.4. The molecule has 5 heteroatoms. The van der Waals surface area contributed by atoms with E-state index >= 15 is 4.39 Å². The van der Waals surface area contributed by atoms with Crippen LogP contribution in [0.4, 0.5) is 10.1 Å². The summed E-state index contributed by atoms with van der Waals surface area (Å²) in [5.74, 6) is -1.20. The maximum atomic E-state index is 15.8. The second kappa shape index (κ2) is 7.45. The van der Waals surface area contributed by atoms with Gasteiger partial charge in [-0.3, -0.25) is 0 Å². The summed E-state index contributed by atoms with van der Waals surface area (Å²) in [6, 6.07) is 17.3. The van der Waals surface area contributed by atoms with Gasteiger partial charge >= 0.3 is 5.97 Å². The van der Waals surface area contributed by atoms with Crippen LogP contribution in [-0.2, 0) is 5.41 Å². The number of nitrogens with zero attached hydrogens (tertiary/aromatic N) is 1. The zero-order chi connectivity index (χ0) is 23.6. The minimum absolute atomic E-state index is 0.253. The predicted octanol–water partition coefficient (Wildman–Crippen LogP) is 6.97. The fourth-order valence-corrected chi connectivity index (χ4v) is 5.85. The van der Waals surface area contributed by atoms with E-state index in [2.05, 4.69) is 35.9 Å². The maximum Gasteiger partial charge on any atom is 0.335 e. The number of H-pyrrole nitrogens is 1. The normalized spacial score (nSPS) is 16.5. The summed E-state index contributed by atoms with van der Waals surface area (Å²) >= 11 is 0. The number of fused-ring (bicyclic) bond motifs is 5. The third-order valence-electron chi connectivity index (χ3n) is 7.65. The molecule has 4 aromatic rings. The van der Waals surface area contributed by atoms with Crippen LogP contribution in [0.5, 0.6) is 0 Å². The SMILES string of the molecule is CC1(C)c2cc(C(=O)O)ccc2-c2[nH]c3c(F)c(-c4ccc(N5CCCCC5)cc4)ccc3c21. The summed E-state index contributed by atoms with van der Waals surface area (Å²) in [7, 11) is 0. The highest BCUT2D eigenvalue weighted by Gasteiger charge is 2.39. The number of benzene rings is 3. The Labute approximate surface area is 198 Å². The standard InChI is InChI=1S/C29H27FN2O2/c1-29(2)23-16-18(28(33)34)8-11-21(23)26-24(29)22-13-12-20(25(30)27(22)31-26)17-6-9-19(10-7-17)32-14-4-3-5-15-32/h6-13,16,31H,3-5,14-15H2,1-2H3,(H,33,34). The van der Waals surface area contributed by atoms with Gasteiger partial charge < -0.3 is 15.0 Å². The quantitative estimate of drug-likeness (QED) is 0.351. The van der Waals surface area contributed by atoms with Gasteiger partial charge in [0.15, 0.2) is 5.82 Å². The van der Waals surface area contributed by atoms with E-state index in [1.165, 1.54) is 24.9 Å². The number of aromatic amines is 1. The molecule has 34 heavy (non-hydrogen) atoms. The molecule has 1 fully saturated rings.